The van der Waals surface area contributed by atoms with Gasteiger partial charge < -0.3 is 14.2 Å². The smallest absolute Gasteiger partial charge is 0.344 e. The SMILES string of the molecule is O=C1O/C(=C\c2ccc3c(c2)OCO3)c2ccc([N+](=O)[O-])cc21. The second kappa shape index (κ2) is 4.84. The van der Waals surface area contributed by atoms with E-state index in [1.807, 2.05) is 0 Å². The molecular weight excluding hydrogens is 302 g/mol. The van der Waals surface area contributed by atoms with Gasteiger partial charge in [-0.15, -0.1) is 0 Å². The Morgan fingerprint density at radius 3 is 2.70 bits per heavy atom. The molecule has 2 aliphatic heterocycles. The van der Waals surface area contributed by atoms with E-state index < -0.39 is 10.9 Å². The summed E-state index contributed by atoms with van der Waals surface area (Å²) >= 11 is 0. The number of ether oxygens (including phenoxy) is 3. The lowest BCUT2D eigenvalue weighted by Crippen LogP contribution is -1.95. The monoisotopic (exact) mass is 311 g/mol. The Labute approximate surface area is 129 Å². The zero-order chi connectivity index (χ0) is 16.0. The maximum absolute atomic E-state index is 11.9. The minimum atomic E-state index is -0.601. The zero-order valence-electron chi connectivity index (χ0n) is 11.6. The molecule has 0 saturated heterocycles. The summed E-state index contributed by atoms with van der Waals surface area (Å²) < 4.78 is 15.8. The van der Waals surface area contributed by atoms with Crippen molar-refractivity contribution in [3.05, 3.63) is 63.2 Å². The summed E-state index contributed by atoms with van der Waals surface area (Å²) in [5, 5.41) is 10.8. The maximum atomic E-state index is 11.9. The third-order valence-corrected chi connectivity index (χ3v) is 3.60. The molecule has 0 saturated carbocycles. The molecule has 0 unspecified atom stereocenters. The molecule has 0 amide bonds. The lowest BCUT2D eigenvalue weighted by atomic mass is 10.1. The summed E-state index contributed by atoms with van der Waals surface area (Å²) in [7, 11) is 0. The molecule has 2 aromatic rings. The number of rotatable bonds is 2. The van der Waals surface area contributed by atoms with Gasteiger partial charge in [0.15, 0.2) is 11.5 Å². The van der Waals surface area contributed by atoms with E-state index in [0.29, 0.717) is 22.8 Å². The Morgan fingerprint density at radius 1 is 1.04 bits per heavy atom. The normalized spacial score (nSPS) is 16.3. The number of hydrogen-bond donors (Lipinski definition) is 0. The minimum absolute atomic E-state index is 0.148. The second-order valence-corrected chi connectivity index (χ2v) is 5.00. The molecule has 0 N–H and O–H groups in total. The van der Waals surface area contributed by atoms with Crippen LogP contribution in [0, 0.1) is 10.1 Å². The van der Waals surface area contributed by atoms with Gasteiger partial charge in [-0.25, -0.2) is 4.79 Å². The van der Waals surface area contributed by atoms with Crippen molar-refractivity contribution in [2.75, 3.05) is 6.79 Å². The molecular formula is C16H9NO6. The van der Waals surface area contributed by atoms with Gasteiger partial charge in [-0.2, -0.15) is 0 Å². The van der Waals surface area contributed by atoms with Crippen LogP contribution < -0.4 is 9.47 Å². The predicted molar refractivity (Wildman–Crippen MR) is 78.9 cm³/mol. The largest absolute Gasteiger partial charge is 0.454 e. The van der Waals surface area contributed by atoms with Crippen molar-refractivity contribution in [3.8, 4) is 11.5 Å². The molecule has 4 rings (SSSR count). The number of non-ortho nitro benzene ring substituents is 1. The van der Waals surface area contributed by atoms with Crippen LogP contribution >= 0.6 is 0 Å². The number of carbonyl (C=O) groups is 1. The van der Waals surface area contributed by atoms with Gasteiger partial charge in [0.1, 0.15) is 5.76 Å². The molecule has 0 spiro atoms. The number of cyclic esters (lactones) is 1. The van der Waals surface area contributed by atoms with Crippen molar-refractivity contribution in [2.45, 2.75) is 0 Å². The van der Waals surface area contributed by atoms with E-state index in [1.165, 1.54) is 18.2 Å². The topological polar surface area (TPSA) is 87.9 Å². The van der Waals surface area contributed by atoms with E-state index >= 15 is 0 Å². The first-order chi connectivity index (χ1) is 11.1. The fourth-order valence-electron chi connectivity index (χ4n) is 2.50. The number of nitrogens with zero attached hydrogens (tertiary/aromatic N) is 1. The minimum Gasteiger partial charge on any atom is -0.454 e. The molecule has 2 heterocycles. The fraction of sp³-hybridized carbons (Fsp3) is 0.0625. The number of benzene rings is 2. The van der Waals surface area contributed by atoms with Gasteiger partial charge in [0.2, 0.25) is 6.79 Å². The number of hydrogen-bond acceptors (Lipinski definition) is 6. The standard InChI is InChI=1S/C16H9NO6/c18-16-12-7-10(17(19)20)2-3-11(12)14(23-16)5-9-1-4-13-15(6-9)22-8-21-13/h1-7H,8H2/b14-5-. The highest BCUT2D eigenvalue weighted by atomic mass is 16.7. The number of carbonyl (C=O) groups excluding carboxylic acids is 1. The zero-order valence-corrected chi connectivity index (χ0v) is 11.6. The van der Waals surface area contributed by atoms with Crippen LogP contribution in [0.4, 0.5) is 5.69 Å². The van der Waals surface area contributed by atoms with Crippen LogP contribution in [0.5, 0.6) is 11.5 Å². The summed E-state index contributed by atoms with van der Waals surface area (Å²) in [6.07, 6.45) is 1.68. The van der Waals surface area contributed by atoms with Crippen molar-refractivity contribution < 1.29 is 23.9 Å². The highest BCUT2D eigenvalue weighted by Crippen LogP contribution is 2.36. The highest BCUT2D eigenvalue weighted by molar-refractivity contribution is 6.06. The Morgan fingerprint density at radius 2 is 1.87 bits per heavy atom. The van der Waals surface area contributed by atoms with Gasteiger partial charge >= 0.3 is 5.97 Å². The van der Waals surface area contributed by atoms with E-state index in [-0.39, 0.29) is 18.0 Å². The van der Waals surface area contributed by atoms with Crippen molar-refractivity contribution in [1.29, 1.82) is 0 Å². The third-order valence-electron chi connectivity index (χ3n) is 3.60. The molecule has 7 heteroatoms. The maximum Gasteiger partial charge on any atom is 0.344 e. The first-order valence-corrected chi connectivity index (χ1v) is 6.74. The number of nitro benzene ring substituents is 1. The molecule has 7 nitrogen and oxygen atoms in total. The number of esters is 1. The molecule has 0 aliphatic carbocycles. The van der Waals surface area contributed by atoms with Crippen molar-refractivity contribution in [3.63, 3.8) is 0 Å². The van der Waals surface area contributed by atoms with E-state index in [0.717, 1.165) is 5.56 Å². The molecule has 0 atom stereocenters. The van der Waals surface area contributed by atoms with E-state index in [2.05, 4.69) is 0 Å². The highest BCUT2D eigenvalue weighted by Gasteiger charge is 2.28. The van der Waals surface area contributed by atoms with Gasteiger partial charge in [0, 0.05) is 17.7 Å². The summed E-state index contributed by atoms with van der Waals surface area (Å²) in [6.45, 7) is 0.177. The van der Waals surface area contributed by atoms with Crippen LogP contribution in [-0.4, -0.2) is 17.7 Å². The molecule has 23 heavy (non-hydrogen) atoms. The quantitative estimate of drug-likeness (QED) is 0.481. The molecule has 2 aliphatic rings. The van der Waals surface area contributed by atoms with E-state index in [4.69, 9.17) is 14.2 Å². The summed E-state index contributed by atoms with van der Waals surface area (Å²) in [6, 6.07) is 9.41. The summed E-state index contributed by atoms with van der Waals surface area (Å²) in [5.74, 6) is 1.02. The Balaban J connectivity index is 1.75. The molecule has 114 valence electrons. The first-order valence-electron chi connectivity index (χ1n) is 6.74. The summed E-state index contributed by atoms with van der Waals surface area (Å²) in [5.41, 5.74) is 1.33. The predicted octanol–water partition coefficient (Wildman–Crippen LogP) is 2.99. The lowest BCUT2D eigenvalue weighted by Gasteiger charge is -2.01. The summed E-state index contributed by atoms with van der Waals surface area (Å²) in [4.78, 5) is 22.2. The third kappa shape index (κ3) is 2.18. The average molecular weight is 311 g/mol. The lowest BCUT2D eigenvalue weighted by molar-refractivity contribution is -0.384. The Bertz CT molecular complexity index is 886. The number of fused-ring (bicyclic) bond motifs is 2. The van der Waals surface area contributed by atoms with Crippen LogP contribution in [0.25, 0.3) is 11.8 Å². The molecule has 0 fully saturated rings. The van der Waals surface area contributed by atoms with Gasteiger partial charge in [-0.3, -0.25) is 10.1 Å². The Hall–Kier alpha value is -3.35. The van der Waals surface area contributed by atoms with Crippen LogP contribution in [-0.2, 0) is 4.74 Å². The molecule has 0 aromatic heterocycles. The average Bonchev–Trinajstić information content (AvgIpc) is 3.12. The van der Waals surface area contributed by atoms with Crippen molar-refractivity contribution >= 4 is 23.5 Å². The van der Waals surface area contributed by atoms with Crippen LogP contribution in [0.2, 0.25) is 0 Å². The van der Waals surface area contributed by atoms with Gasteiger partial charge in [-0.05, 0) is 29.8 Å². The molecule has 0 radical (unpaired) electrons. The van der Waals surface area contributed by atoms with Crippen LogP contribution in [0.3, 0.4) is 0 Å². The Kier molecular flexibility index (Phi) is 2.80. The second-order valence-electron chi connectivity index (χ2n) is 5.00. The van der Waals surface area contributed by atoms with Crippen LogP contribution in [0.1, 0.15) is 21.5 Å². The van der Waals surface area contributed by atoms with E-state index in [9.17, 15) is 14.9 Å². The fourth-order valence-corrected chi connectivity index (χ4v) is 2.50. The molecule has 0 bridgehead atoms. The van der Waals surface area contributed by atoms with Crippen LogP contribution in [0.15, 0.2) is 36.4 Å². The van der Waals surface area contributed by atoms with Crippen molar-refractivity contribution in [1.82, 2.24) is 0 Å². The number of nitro groups is 1. The van der Waals surface area contributed by atoms with Gasteiger partial charge in [0.05, 0.1) is 10.5 Å². The van der Waals surface area contributed by atoms with Crippen molar-refractivity contribution in [2.24, 2.45) is 0 Å². The van der Waals surface area contributed by atoms with E-state index in [1.54, 1.807) is 24.3 Å². The van der Waals surface area contributed by atoms with Gasteiger partial charge in [-0.1, -0.05) is 6.07 Å². The van der Waals surface area contributed by atoms with Gasteiger partial charge in [0.25, 0.3) is 5.69 Å². The molecule has 2 aromatic carbocycles. The first kappa shape index (κ1) is 13.3.